The van der Waals surface area contributed by atoms with Gasteiger partial charge in [-0.2, -0.15) is 0 Å². The number of nitrogens with one attached hydrogen (secondary N) is 1. The molecule has 0 radical (unpaired) electrons. The van der Waals surface area contributed by atoms with E-state index in [4.69, 9.17) is 0 Å². The zero-order valence-electron chi connectivity index (χ0n) is 10.9. The first-order valence-electron chi connectivity index (χ1n) is 6.59. The summed E-state index contributed by atoms with van der Waals surface area (Å²) in [6, 6.07) is 0.595. The van der Waals surface area contributed by atoms with Gasteiger partial charge in [0, 0.05) is 6.04 Å². The molecule has 2 aliphatic rings. The largest absolute Gasteiger partial charge is 0.323 e. The van der Waals surface area contributed by atoms with E-state index in [1.54, 1.807) is 0 Å². The predicted molar refractivity (Wildman–Crippen MR) is 64.9 cm³/mol. The standard InChI is InChI=1S/C13H24N2O/c1-8(2)7-11-13(16)15(10-5-6-10)12(14-11)9(3)4/h8-12,14H,5-7H2,1-4H3. The molecule has 3 nitrogen and oxygen atoms in total. The van der Waals surface area contributed by atoms with Crippen LogP contribution >= 0.6 is 0 Å². The highest BCUT2D eigenvalue weighted by Gasteiger charge is 2.46. The van der Waals surface area contributed by atoms with E-state index in [1.807, 2.05) is 0 Å². The van der Waals surface area contributed by atoms with Crippen molar-refractivity contribution in [2.75, 3.05) is 0 Å². The lowest BCUT2D eigenvalue weighted by Gasteiger charge is -2.27. The van der Waals surface area contributed by atoms with Crippen molar-refractivity contribution in [3.63, 3.8) is 0 Å². The molecule has 1 aliphatic heterocycles. The van der Waals surface area contributed by atoms with Crippen LogP contribution in [0.2, 0.25) is 0 Å². The summed E-state index contributed by atoms with van der Waals surface area (Å²) in [7, 11) is 0. The Hall–Kier alpha value is -0.570. The molecule has 1 saturated heterocycles. The monoisotopic (exact) mass is 224 g/mol. The van der Waals surface area contributed by atoms with Gasteiger partial charge in [0.25, 0.3) is 0 Å². The van der Waals surface area contributed by atoms with Gasteiger partial charge in [-0.1, -0.05) is 27.7 Å². The van der Waals surface area contributed by atoms with Gasteiger partial charge in [0.2, 0.25) is 5.91 Å². The highest BCUT2D eigenvalue weighted by Crippen LogP contribution is 2.34. The van der Waals surface area contributed by atoms with Crippen molar-refractivity contribution in [1.29, 1.82) is 0 Å². The number of hydrogen-bond acceptors (Lipinski definition) is 2. The van der Waals surface area contributed by atoms with Crippen LogP contribution in [-0.4, -0.2) is 29.1 Å². The number of nitrogens with zero attached hydrogens (tertiary/aromatic N) is 1. The second-order valence-corrected chi connectivity index (χ2v) is 6.01. The summed E-state index contributed by atoms with van der Waals surface area (Å²) in [6.45, 7) is 8.74. The van der Waals surface area contributed by atoms with Crippen LogP contribution in [0.4, 0.5) is 0 Å². The first-order valence-corrected chi connectivity index (χ1v) is 6.59. The average Bonchev–Trinajstić information content (AvgIpc) is 2.94. The molecule has 0 aromatic carbocycles. The van der Waals surface area contributed by atoms with Crippen molar-refractivity contribution in [1.82, 2.24) is 10.2 Å². The fraction of sp³-hybridized carbons (Fsp3) is 0.923. The minimum atomic E-state index is 0.0630. The quantitative estimate of drug-likeness (QED) is 0.792. The molecule has 0 spiro atoms. The molecular weight excluding hydrogens is 200 g/mol. The Bertz CT molecular complexity index is 271. The van der Waals surface area contributed by atoms with Crippen molar-refractivity contribution in [2.45, 2.75) is 65.2 Å². The minimum absolute atomic E-state index is 0.0630. The maximum Gasteiger partial charge on any atom is 0.241 e. The van der Waals surface area contributed by atoms with Gasteiger partial charge in [0.05, 0.1) is 12.2 Å². The van der Waals surface area contributed by atoms with E-state index in [0.717, 1.165) is 6.42 Å². The highest BCUT2D eigenvalue weighted by atomic mass is 16.2. The Morgan fingerprint density at radius 1 is 1.31 bits per heavy atom. The number of carbonyl (C=O) groups excluding carboxylic acids is 1. The highest BCUT2D eigenvalue weighted by molar-refractivity contribution is 5.85. The Balaban J connectivity index is 2.07. The number of hydrogen-bond donors (Lipinski definition) is 1. The third kappa shape index (κ3) is 2.24. The van der Waals surface area contributed by atoms with Crippen LogP contribution in [0.1, 0.15) is 47.0 Å². The van der Waals surface area contributed by atoms with Crippen LogP contribution in [-0.2, 0) is 4.79 Å². The lowest BCUT2D eigenvalue weighted by molar-refractivity contribution is -0.131. The molecule has 1 N–H and O–H groups in total. The molecule has 1 heterocycles. The molecule has 0 aromatic rings. The molecule has 2 fully saturated rings. The van der Waals surface area contributed by atoms with Crippen molar-refractivity contribution < 1.29 is 4.79 Å². The second kappa shape index (κ2) is 4.36. The lowest BCUT2D eigenvalue weighted by Crippen LogP contribution is -2.42. The Morgan fingerprint density at radius 3 is 2.38 bits per heavy atom. The van der Waals surface area contributed by atoms with Crippen molar-refractivity contribution >= 4 is 5.91 Å². The first kappa shape index (κ1) is 11.9. The van der Waals surface area contributed by atoms with Crippen molar-refractivity contribution in [3.8, 4) is 0 Å². The van der Waals surface area contributed by atoms with Gasteiger partial charge in [-0.25, -0.2) is 0 Å². The summed E-state index contributed by atoms with van der Waals surface area (Å²) < 4.78 is 0. The molecule has 3 heteroatoms. The summed E-state index contributed by atoms with van der Waals surface area (Å²) >= 11 is 0. The van der Waals surface area contributed by atoms with Crippen LogP contribution in [0.25, 0.3) is 0 Å². The summed E-state index contributed by atoms with van der Waals surface area (Å²) in [4.78, 5) is 14.4. The Labute approximate surface area is 98.6 Å². The number of rotatable bonds is 4. The van der Waals surface area contributed by atoms with Gasteiger partial charge in [-0.3, -0.25) is 10.1 Å². The van der Waals surface area contributed by atoms with Crippen molar-refractivity contribution in [3.05, 3.63) is 0 Å². The number of amides is 1. The molecule has 1 saturated carbocycles. The molecule has 1 aliphatic carbocycles. The molecular formula is C13H24N2O. The maximum absolute atomic E-state index is 12.3. The Kier molecular flexibility index (Phi) is 3.24. The summed E-state index contributed by atoms with van der Waals surface area (Å²) in [5.74, 6) is 1.42. The zero-order chi connectivity index (χ0) is 11.9. The molecule has 0 aromatic heterocycles. The van der Waals surface area contributed by atoms with E-state index < -0.39 is 0 Å². The maximum atomic E-state index is 12.3. The molecule has 2 atom stereocenters. The van der Waals surface area contributed by atoms with Crippen LogP contribution in [0.5, 0.6) is 0 Å². The van der Waals surface area contributed by atoms with Crippen LogP contribution in [0, 0.1) is 11.8 Å². The fourth-order valence-corrected chi connectivity index (χ4v) is 2.59. The van der Waals surface area contributed by atoms with Gasteiger partial charge >= 0.3 is 0 Å². The third-order valence-electron chi connectivity index (χ3n) is 3.50. The van der Waals surface area contributed by atoms with Crippen LogP contribution in [0.3, 0.4) is 0 Å². The molecule has 16 heavy (non-hydrogen) atoms. The van der Waals surface area contributed by atoms with Crippen molar-refractivity contribution in [2.24, 2.45) is 11.8 Å². The normalized spacial score (nSPS) is 30.9. The minimum Gasteiger partial charge on any atom is -0.323 e. The Morgan fingerprint density at radius 2 is 1.94 bits per heavy atom. The van der Waals surface area contributed by atoms with Crippen LogP contribution in [0.15, 0.2) is 0 Å². The average molecular weight is 224 g/mol. The smallest absolute Gasteiger partial charge is 0.241 e. The summed E-state index contributed by atoms with van der Waals surface area (Å²) in [5, 5.41) is 3.52. The number of carbonyl (C=O) groups is 1. The third-order valence-corrected chi connectivity index (χ3v) is 3.50. The molecule has 1 amide bonds. The fourth-order valence-electron chi connectivity index (χ4n) is 2.59. The van der Waals surface area contributed by atoms with E-state index in [1.165, 1.54) is 12.8 Å². The predicted octanol–water partition coefficient (Wildman–Crippen LogP) is 1.98. The van der Waals surface area contributed by atoms with E-state index >= 15 is 0 Å². The summed E-state index contributed by atoms with van der Waals surface area (Å²) in [5.41, 5.74) is 0. The SMILES string of the molecule is CC(C)CC1NC(C(C)C)N(C2CC2)C1=O. The van der Waals surface area contributed by atoms with E-state index in [2.05, 4.69) is 37.9 Å². The van der Waals surface area contributed by atoms with E-state index in [0.29, 0.717) is 23.8 Å². The lowest BCUT2D eigenvalue weighted by atomic mass is 10.0. The molecule has 0 bridgehead atoms. The zero-order valence-corrected chi connectivity index (χ0v) is 10.9. The molecule has 2 rings (SSSR count). The second-order valence-electron chi connectivity index (χ2n) is 6.01. The van der Waals surface area contributed by atoms with Gasteiger partial charge < -0.3 is 4.90 Å². The van der Waals surface area contributed by atoms with Crippen LogP contribution < -0.4 is 5.32 Å². The summed E-state index contributed by atoms with van der Waals surface area (Å²) in [6.07, 6.45) is 3.63. The van der Waals surface area contributed by atoms with E-state index in [-0.39, 0.29) is 12.2 Å². The van der Waals surface area contributed by atoms with Gasteiger partial charge in [0.1, 0.15) is 0 Å². The van der Waals surface area contributed by atoms with E-state index in [9.17, 15) is 4.79 Å². The molecule has 92 valence electrons. The van der Waals surface area contributed by atoms with Gasteiger partial charge in [-0.05, 0) is 31.1 Å². The molecule has 2 unspecified atom stereocenters. The van der Waals surface area contributed by atoms with Gasteiger partial charge in [0.15, 0.2) is 0 Å². The van der Waals surface area contributed by atoms with Gasteiger partial charge in [-0.15, -0.1) is 0 Å². The topological polar surface area (TPSA) is 32.3 Å². The first-order chi connectivity index (χ1) is 7.50.